The molecule has 0 aliphatic carbocycles. The molecule has 0 saturated heterocycles. The predicted molar refractivity (Wildman–Crippen MR) is 73.4 cm³/mol. The lowest BCUT2D eigenvalue weighted by molar-refractivity contribution is 0.473. The van der Waals surface area contributed by atoms with Gasteiger partial charge in [-0.2, -0.15) is 0 Å². The Hall–Kier alpha value is -1.52. The largest absolute Gasteiger partial charge is 0.444 e. The fraction of sp³-hybridized carbons (Fsp3) is 0.692. The number of nitrogens with zero attached hydrogens (tertiary/aromatic N) is 2. The summed E-state index contributed by atoms with van der Waals surface area (Å²) in [6.07, 6.45) is 4.87. The lowest BCUT2D eigenvalue weighted by Gasteiger charge is -2.04. The van der Waals surface area contributed by atoms with E-state index in [4.69, 9.17) is 10.2 Å². The summed E-state index contributed by atoms with van der Waals surface area (Å²) in [6.45, 7) is 7.28. The number of rotatable bonds is 7. The highest BCUT2D eigenvalue weighted by molar-refractivity contribution is 5.77. The highest BCUT2D eigenvalue weighted by Crippen LogP contribution is 2.08. The van der Waals surface area contributed by atoms with Crippen LogP contribution in [-0.4, -0.2) is 17.5 Å². The van der Waals surface area contributed by atoms with Crippen LogP contribution in [-0.2, 0) is 6.54 Å². The van der Waals surface area contributed by atoms with Crippen LogP contribution in [0.4, 0.5) is 0 Å². The Balaban J connectivity index is 2.24. The van der Waals surface area contributed by atoms with Crippen LogP contribution in [0.2, 0.25) is 0 Å². The fourth-order valence-corrected chi connectivity index (χ4v) is 1.58. The van der Waals surface area contributed by atoms with Crippen LogP contribution in [0.5, 0.6) is 0 Å². The van der Waals surface area contributed by atoms with Gasteiger partial charge in [-0.25, -0.2) is 9.98 Å². The van der Waals surface area contributed by atoms with Gasteiger partial charge in [0.05, 0.1) is 5.69 Å². The lowest BCUT2D eigenvalue weighted by Crippen LogP contribution is -2.32. The molecule has 1 rings (SSSR count). The van der Waals surface area contributed by atoms with Gasteiger partial charge in [0.25, 0.3) is 0 Å². The van der Waals surface area contributed by atoms with Crippen LogP contribution in [0.1, 0.15) is 50.0 Å². The Bertz CT molecular complexity index is 365. The maximum Gasteiger partial charge on any atom is 0.216 e. The van der Waals surface area contributed by atoms with Crippen molar-refractivity contribution in [3.8, 4) is 0 Å². The van der Waals surface area contributed by atoms with E-state index in [-0.39, 0.29) is 0 Å². The minimum atomic E-state index is 0.391. The van der Waals surface area contributed by atoms with E-state index < -0.39 is 0 Å². The molecule has 0 aliphatic rings. The molecule has 0 spiro atoms. The van der Waals surface area contributed by atoms with E-state index in [1.165, 1.54) is 19.3 Å². The van der Waals surface area contributed by atoms with E-state index in [2.05, 4.69) is 22.2 Å². The molecule has 102 valence electrons. The van der Waals surface area contributed by atoms with Gasteiger partial charge in [0.1, 0.15) is 12.3 Å². The van der Waals surface area contributed by atoms with Crippen LogP contribution in [0.25, 0.3) is 0 Å². The maximum atomic E-state index is 5.75. The van der Waals surface area contributed by atoms with Gasteiger partial charge in [-0.05, 0) is 20.3 Å². The third-order valence-corrected chi connectivity index (χ3v) is 2.79. The van der Waals surface area contributed by atoms with Crippen molar-refractivity contribution in [3.63, 3.8) is 0 Å². The summed E-state index contributed by atoms with van der Waals surface area (Å²) in [5, 5.41) is 3.09. The number of hydrogen-bond donors (Lipinski definition) is 2. The Morgan fingerprint density at radius 2 is 2.11 bits per heavy atom. The number of aromatic nitrogens is 1. The molecule has 0 aromatic carbocycles. The first-order valence-electron chi connectivity index (χ1n) is 6.60. The van der Waals surface area contributed by atoms with E-state index in [9.17, 15) is 0 Å². The molecule has 0 atom stereocenters. The van der Waals surface area contributed by atoms with Crippen molar-refractivity contribution >= 4 is 5.96 Å². The van der Waals surface area contributed by atoms with Gasteiger partial charge in [-0.3, -0.25) is 0 Å². The van der Waals surface area contributed by atoms with Crippen LogP contribution < -0.4 is 11.1 Å². The summed E-state index contributed by atoms with van der Waals surface area (Å²) in [5.74, 6) is 1.91. The van der Waals surface area contributed by atoms with Gasteiger partial charge >= 0.3 is 0 Å². The number of nitrogens with two attached hydrogens (primary N) is 1. The molecule has 0 unspecified atom stereocenters. The Kier molecular flexibility index (Phi) is 6.25. The van der Waals surface area contributed by atoms with E-state index in [1.54, 1.807) is 0 Å². The minimum Gasteiger partial charge on any atom is -0.444 e. The highest BCUT2D eigenvalue weighted by Gasteiger charge is 2.04. The topological polar surface area (TPSA) is 76.4 Å². The van der Waals surface area contributed by atoms with Crippen molar-refractivity contribution < 1.29 is 4.42 Å². The van der Waals surface area contributed by atoms with E-state index in [1.807, 2.05) is 13.8 Å². The molecule has 0 aliphatic heterocycles. The molecular formula is C13H24N4O. The molecule has 0 amide bonds. The number of unbranched alkanes of at least 4 members (excludes halogenated alkanes) is 3. The Morgan fingerprint density at radius 3 is 2.72 bits per heavy atom. The third kappa shape index (κ3) is 5.21. The average molecular weight is 252 g/mol. The molecule has 0 saturated carbocycles. The molecule has 0 bridgehead atoms. The standard InChI is InChI=1S/C13H24N4O/c1-4-5-6-7-8-15-13(14)16-9-12-17-10(2)11(3)18-12/h4-9H2,1-3H3,(H3,14,15,16). The maximum absolute atomic E-state index is 5.75. The molecule has 1 heterocycles. The summed E-state index contributed by atoms with van der Waals surface area (Å²) >= 11 is 0. The number of aliphatic imine (C=N–C) groups is 1. The Labute approximate surface area is 109 Å². The van der Waals surface area contributed by atoms with Crippen molar-refractivity contribution in [2.24, 2.45) is 10.7 Å². The van der Waals surface area contributed by atoms with Gasteiger partial charge in [0.2, 0.25) is 5.89 Å². The smallest absolute Gasteiger partial charge is 0.216 e. The minimum absolute atomic E-state index is 0.391. The van der Waals surface area contributed by atoms with Crippen LogP contribution in [0.3, 0.4) is 0 Å². The monoisotopic (exact) mass is 252 g/mol. The molecule has 0 radical (unpaired) electrons. The molecule has 5 heteroatoms. The Morgan fingerprint density at radius 1 is 1.33 bits per heavy atom. The second-order valence-electron chi connectivity index (χ2n) is 4.44. The quantitative estimate of drug-likeness (QED) is 0.443. The molecule has 3 N–H and O–H groups in total. The summed E-state index contributed by atoms with van der Waals surface area (Å²) in [4.78, 5) is 8.44. The second kappa shape index (κ2) is 7.74. The number of oxazole rings is 1. The average Bonchev–Trinajstić information content (AvgIpc) is 2.66. The SMILES string of the molecule is CCCCCCNC(N)=NCc1nc(C)c(C)o1. The van der Waals surface area contributed by atoms with E-state index in [0.29, 0.717) is 18.4 Å². The zero-order valence-corrected chi connectivity index (χ0v) is 11.6. The number of nitrogens with one attached hydrogen (secondary N) is 1. The zero-order valence-electron chi connectivity index (χ0n) is 11.6. The summed E-state index contributed by atoms with van der Waals surface area (Å²) < 4.78 is 5.42. The van der Waals surface area contributed by atoms with Gasteiger partial charge < -0.3 is 15.5 Å². The molecule has 0 fully saturated rings. The molecule has 1 aromatic heterocycles. The van der Waals surface area contributed by atoms with Crippen molar-refractivity contribution in [1.29, 1.82) is 0 Å². The molecular weight excluding hydrogens is 228 g/mol. The third-order valence-electron chi connectivity index (χ3n) is 2.79. The van der Waals surface area contributed by atoms with Crippen molar-refractivity contribution in [2.75, 3.05) is 6.54 Å². The first kappa shape index (κ1) is 14.5. The van der Waals surface area contributed by atoms with Crippen molar-refractivity contribution in [2.45, 2.75) is 53.0 Å². The van der Waals surface area contributed by atoms with Gasteiger partial charge in [-0.15, -0.1) is 0 Å². The lowest BCUT2D eigenvalue weighted by atomic mass is 10.2. The summed E-state index contributed by atoms with van der Waals surface area (Å²) in [7, 11) is 0. The van der Waals surface area contributed by atoms with Gasteiger partial charge in [0, 0.05) is 6.54 Å². The summed E-state index contributed by atoms with van der Waals surface area (Å²) in [6, 6.07) is 0. The van der Waals surface area contributed by atoms with E-state index in [0.717, 1.165) is 24.4 Å². The van der Waals surface area contributed by atoms with E-state index >= 15 is 0 Å². The van der Waals surface area contributed by atoms with Crippen LogP contribution in [0.15, 0.2) is 9.41 Å². The predicted octanol–water partition coefficient (Wildman–Crippen LogP) is 2.28. The van der Waals surface area contributed by atoms with Crippen LogP contribution in [0, 0.1) is 13.8 Å². The first-order chi connectivity index (χ1) is 8.63. The normalized spacial score (nSPS) is 11.8. The number of aryl methyl sites for hydroxylation is 2. The molecule has 18 heavy (non-hydrogen) atoms. The van der Waals surface area contributed by atoms with Gasteiger partial charge in [-0.1, -0.05) is 26.2 Å². The van der Waals surface area contributed by atoms with Gasteiger partial charge in [0.15, 0.2) is 5.96 Å². The molecule has 5 nitrogen and oxygen atoms in total. The van der Waals surface area contributed by atoms with Crippen molar-refractivity contribution in [3.05, 3.63) is 17.3 Å². The highest BCUT2D eigenvalue weighted by atomic mass is 16.4. The number of guanidine groups is 1. The van der Waals surface area contributed by atoms with Crippen molar-refractivity contribution in [1.82, 2.24) is 10.3 Å². The van der Waals surface area contributed by atoms with Crippen LogP contribution >= 0.6 is 0 Å². The zero-order chi connectivity index (χ0) is 13.4. The first-order valence-corrected chi connectivity index (χ1v) is 6.60. The second-order valence-corrected chi connectivity index (χ2v) is 4.44. The number of hydrogen-bond acceptors (Lipinski definition) is 3. The fourth-order valence-electron chi connectivity index (χ4n) is 1.58. The summed E-state index contributed by atoms with van der Waals surface area (Å²) in [5.41, 5.74) is 6.66. The molecule has 1 aromatic rings.